The molecule has 7 heteroatoms. The van der Waals surface area contributed by atoms with Gasteiger partial charge in [-0.25, -0.2) is 8.42 Å². The molecule has 0 radical (unpaired) electrons. The summed E-state index contributed by atoms with van der Waals surface area (Å²) in [7, 11) is -3.29. The predicted octanol–water partition coefficient (Wildman–Crippen LogP) is 3.34. The molecule has 6 nitrogen and oxygen atoms in total. The molecule has 0 saturated carbocycles. The summed E-state index contributed by atoms with van der Waals surface area (Å²) in [6.45, 7) is 0.820. The van der Waals surface area contributed by atoms with Crippen LogP contribution in [0.5, 0.6) is 0 Å². The fourth-order valence-corrected chi connectivity index (χ4v) is 4.59. The van der Waals surface area contributed by atoms with Crippen LogP contribution in [0.1, 0.15) is 28.8 Å². The minimum Gasteiger partial charge on any atom is -0.352 e. The van der Waals surface area contributed by atoms with Gasteiger partial charge in [-0.2, -0.15) is 0 Å². The first-order valence-electron chi connectivity index (χ1n) is 10.2. The van der Waals surface area contributed by atoms with Gasteiger partial charge in [0.15, 0.2) is 9.84 Å². The second-order valence-electron chi connectivity index (χ2n) is 7.78. The van der Waals surface area contributed by atoms with Crippen molar-refractivity contribution in [3.63, 3.8) is 0 Å². The number of hydrogen-bond donors (Lipinski definition) is 1. The standard InChI is InChI=1S/C24H24N2O4S/c1-31(29,30)21-10-11-22-19(16-21)7-4-14-26(22)23(27)12-13-25-24(28)20-9-8-17-5-2-3-6-18(17)15-20/h2-3,5-6,8-11,15-16H,4,7,12-14H2,1H3,(H,25,28). The Bertz CT molecular complexity index is 1270. The van der Waals surface area contributed by atoms with E-state index < -0.39 is 9.84 Å². The van der Waals surface area contributed by atoms with Gasteiger partial charge in [0.05, 0.1) is 4.90 Å². The number of amides is 2. The predicted molar refractivity (Wildman–Crippen MR) is 121 cm³/mol. The molecule has 31 heavy (non-hydrogen) atoms. The highest BCUT2D eigenvalue weighted by molar-refractivity contribution is 7.90. The molecule has 0 spiro atoms. The van der Waals surface area contributed by atoms with Crippen molar-refractivity contribution in [3.8, 4) is 0 Å². The SMILES string of the molecule is CS(=O)(=O)c1ccc2c(c1)CCCN2C(=O)CCNC(=O)c1ccc2ccccc2c1. The Morgan fingerprint density at radius 3 is 2.55 bits per heavy atom. The summed E-state index contributed by atoms with van der Waals surface area (Å²) < 4.78 is 23.6. The zero-order chi connectivity index (χ0) is 22.0. The summed E-state index contributed by atoms with van der Waals surface area (Å²) in [4.78, 5) is 27.2. The number of benzene rings is 3. The molecule has 0 atom stereocenters. The van der Waals surface area contributed by atoms with E-state index >= 15 is 0 Å². The summed E-state index contributed by atoms with van der Waals surface area (Å²) in [5.41, 5.74) is 2.18. The lowest BCUT2D eigenvalue weighted by molar-refractivity contribution is -0.118. The number of carbonyl (C=O) groups is 2. The largest absolute Gasteiger partial charge is 0.352 e. The Hall–Kier alpha value is -3.19. The molecule has 4 rings (SSSR count). The Morgan fingerprint density at radius 1 is 1.00 bits per heavy atom. The smallest absolute Gasteiger partial charge is 0.251 e. The third-order valence-electron chi connectivity index (χ3n) is 5.53. The van der Waals surface area contributed by atoms with Gasteiger partial charge in [-0.3, -0.25) is 9.59 Å². The number of anilines is 1. The average molecular weight is 437 g/mol. The maximum atomic E-state index is 12.8. The fourth-order valence-electron chi connectivity index (χ4n) is 3.91. The van der Waals surface area contributed by atoms with Gasteiger partial charge < -0.3 is 10.2 Å². The van der Waals surface area contributed by atoms with Crippen LogP contribution in [0.3, 0.4) is 0 Å². The van der Waals surface area contributed by atoms with Crippen molar-refractivity contribution in [2.75, 3.05) is 24.2 Å². The fraction of sp³-hybridized carbons (Fsp3) is 0.250. The second kappa shape index (κ2) is 8.51. The van der Waals surface area contributed by atoms with Gasteiger partial charge in [0.1, 0.15) is 0 Å². The van der Waals surface area contributed by atoms with E-state index in [0.29, 0.717) is 12.1 Å². The average Bonchev–Trinajstić information content (AvgIpc) is 2.77. The van der Waals surface area contributed by atoms with E-state index in [1.165, 1.54) is 6.26 Å². The molecular formula is C24H24N2O4S. The molecule has 3 aromatic carbocycles. The molecule has 160 valence electrons. The van der Waals surface area contributed by atoms with E-state index in [0.717, 1.165) is 34.9 Å². The lowest BCUT2D eigenvalue weighted by Gasteiger charge is -2.30. The van der Waals surface area contributed by atoms with Crippen molar-refractivity contribution in [1.82, 2.24) is 5.32 Å². The lowest BCUT2D eigenvalue weighted by atomic mass is 10.0. The number of aryl methyl sites for hydroxylation is 1. The highest BCUT2D eigenvalue weighted by Crippen LogP contribution is 2.30. The Labute approximate surface area is 181 Å². The molecule has 0 bridgehead atoms. The Morgan fingerprint density at radius 2 is 1.77 bits per heavy atom. The third kappa shape index (κ3) is 4.61. The minimum atomic E-state index is -3.29. The molecule has 0 fully saturated rings. The molecule has 0 unspecified atom stereocenters. The summed E-state index contributed by atoms with van der Waals surface area (Å²) in [5, 5.41) is 4.88. The zero-order valence-electron chi connectivity index (χ0n) is 17.3. The number of nitrogens with zero attached hydrogens (tertiary/aromatic N) is 1. The van der Waals surface area contributed by atoms with Crippen LogP contribution in [0, 0.1) is 0 Å². The van der Waals surface area contributed by atoms with Gasteiger partial charge in [0.2, 0.25) is 5.91 Å². The Kier molecular flexibility index (Phi) is 5.78. The van der Waals surface area contributed by atoms with E-state index in [-0.39, 0.29) is 29.7 Å². The van der Waals surface area contributed by atoms with Gasteiger partial charge in [-0.15, -0.1) is 0 Å². The minimum absolute atomic E-state index is 0.0909. The van der Waals surface area contributed by atoms with Crippen molar-refractivity contribution in [1.29, 1.82) is 0 Å². The quantitative estimate of drug-likeness (QED) is 0.665. The molecule has 1 aliphatic heterocycles. The van der Waals surface area contributed by atoms with Crippen LogP contribution >= 0.6 is 0 Å². The van der Waals surface area contributed by atoms with E-state index in [2.05, 4.69) is 5.32 Å². The van der Waals surface area contributed by atoms with Gasteiger partial charge in [0.25, 0.3) is 5.91 Å². The van der Waals surface area contributed by atoms with Crippen LogP contribution in [0.4, 0.5) is 5.69 Å². The monoisotopic (exact) mass is 436 g/mol. The number of carbonyl (C=O) groups excluding carboxylic acids is 2. The van der Waals surface area contributed by atoms with Crippen LogP contribution < -0.4 is 10.2 Å². The third-order valence-corrected chi connectivity index (χ3v) is 6.65. The molecule has 0 aliphatic carbocycles. The van der Waals surface area contributed by atoms with Gasteiger partial charge in [-0.05, 0) is 59.5 Å². The lowest BCUT2D eigenvalue weighted by Crippen LogP contribution is -2.37. The maximum Gasteiger partial charge on any atom is 0.251 e. The molecule has 2 amide bonds. The van der Waals surface area contributed by atoms with Crippen molar-refractivity contribution in [3.05, 3.63) is 71.8 Å². The highest BCUT2D eigenvalue weighted by Gasteiger charge is 2.23. The molecule has 3 aromatic rings. The zero-order valence-corrected chi connectivity index (χ0v) is 18.1. The number of rotatable bonds is 5. The van der Waals surface area contributed by atoms with Crippen molar-refractivity contribution in [2.24, 2.45) is 0 Å². The van der Waals surface area contributed by atoms with Crippen LogP contribution in [-0.4, -0.2) is 39.6 Å². The summed E-state index contributed by atoms with van der Waals surface area (Å²) in [6.07, 6.45) is 2.86. The van der Waals surface area contributed by atoms with Gasteiger partial charge in [-0.1, -0.05) is 30.3 Å². The molecule has 0 aromatic heterocycles. The summed E-state index contributed by atoms with van der Waals surface area (Å²) in [5.74, 6) is -0.303. The van der Waals surface area contributed by atoms with Crippen LogP contribution in [0.25, 0.3) is 10.8 Å². The summed E-state index contributed by atoms with van der Waals surface area (Å²) >= 11 is 0. The molecule has 1 aliphatic rings. The van der Waals surface area contributed by atoms with E-state index in [9.17, 15) is 18.0 Å². The van der Waals surface area contributed by atoms with Crippen molar-refractivity contribution < 1.29 is 18.0 Å². The molecule has 0 saturated heterocycles. The van der Waals surface area contributed by atoms with Crippen LogP contribution in [0.2, 0.25) is 0 Å². The number of fused-ring (bicyclic) bond motifs is 2. The van der Waals surface area contributed by atoms with Gasteiger partial charge >= 0.3 is 0 Å². The van der Waals surface area contributed by atoms with E-state index in [1.807, 2.05) is 36.4 Å². The number of nitrogens with one attached hydrogen (secondary N) is 1. The van der Waals surface area contributed by atoms with Crippen molar-refractivity contribution >= 4 is 38.1 Å². The molecule has 1 heterocycles. The first kappa shape index (κ1) is 21.1. The van der Waals surface area contributed by atoms with Crippen LogP contribution in [-0.2, 0) is 21.1 Å². The second-order valence-corrected chi connectivity index (χ2v) is 9.80. The molecular weight excluding hydrogens is 412 g/mol. The normalized spacial score (nSPS) is 13.6. The van der Waals surface area contributed by atoms with E-state index in [4.69, 9.17) is 0 Å². The molecule has 1 N–H and O–H groups in total. The van der Waals surface area contributed by atoms with Crippen molar-refractivity contribution in [2.45, 2.75) is 24.2 Å². The first-order chi connectivity index (χ1) is 14.8. The van der Waals surface area contributed by atoms with Gasteiger partial charge in [0, 0.05) is 37.0 Å². The van der Waals surface area contributed by atoms with E-state index in [1.54, 1.807) is 29.2 Å². The first-order valence-corrected chi connectivity index (χ1v) is 12.1. The topological polar surface area (TPSA) is 83.6 Å². The number of hydrogen-bond acceptors (Lipinski definition) is 4. The maximum absolute atomic E-state index is 12.8. The Balaban J connectivity index is 1.39. The summed E-state index contributed by atoms with van der Waals surface area (Å²) in [6, 6.07) is 18.3. The number of sulfone groups is 1. The highest BCUT2D eigenvalue weighted by atomic mass is 32.2. The van der Waals surface area contributed by atoms with Crippen LogP contribution in [0.15, 0.2) is 65.6 Å².